The van der Waals surface area contributed by atoms with Gasteiger partial charge in [-0.05, 0) is 31.4 Å². The van der Waals surface area contributed by atoms with Gasteiger partial charge in [-0.1, -0.05) is 31.5 Å². The van der Waals surface area contributed by atoms with E-state index in [4.69, 9.17) is 13.9 Å². The third kappa shape index (κ3) is 6.16. The van der Waals surface area contributed by atoms with Gasteiger partial charge in [0.2, 0.25) is 0 Å². The Morgan fingerprint density at radius 1 is 1.28 bits per heavy atom. The van der Waals surface area contributed by atoms with Crippen LogP contribution in [0.4, 0.5) is 8.78 Å². The predicted octanol–water partition coefficient (Wildman–Crippen LogP) is 5.41. The van der Waals surface area contributed by atoms with Gasteiger partial charge in [-0.25, -0.2) is 18.0 Å². The summed E-state index contributed by atoms with van der Waals surface area (Å²) < 4.78 is 46.7. The van der Waals surface area contributed by atoms with Crippen molar-refractivity contribution in [2.75, 3.05) is 0 Å². The van der Waals surface area contributed by atoms with Crippen molar-refractivity contribution < 1.29 is 32.3 Å². The number of halogens is 2. The lowest BCUT2D eigenvalue weighted by Crippen LogP contribution is -2.39. The van der Waals surface area contributed by atoms with Crippen LogP contribution in [0.2, 0.25) is 13.1 Å². The molecule has 0 bridgehead atoms. The van der Waals surface area contributed by atoms with Gasteiger partial charge >= 0.3 is 21.0 Å². The summed E-state index contributed by atoms with van der Waals surface area (Å²) in [5, 5.41) is 0. The number of carbonyl (C=O) groups is 2. The number of unbranched alkanes of at least 4 members (excludes halogenated alkanes) is 1. The van der Waals surface area contributed by atoms with Crippen molar-refractivity contribution in [1.82, 2.24) is 0 Å². The second-order valence-corrected chi connectivity index (χ2v) is 11.1. The number of esters is 2. The van der Waals surface area contributed by atoms with E-state index in [0.29, 0.717) is 31.2 Å². The molecule has 2 aliphatic rings. The minimum absolute atomic E-state index is 0.117. The molecule has 176 valence electrons. The van der Waals surface area contributed by atoms with Gasteiger partial charge in [-0.3, -0.25) is 4.79 Å². The van der Waals surface area contributed by atoms with Gasteiger partial charge in [-0.2, -0.15) is 0 Å². The van der Waals surface area contributed by atoms with Crippen LogP contribution in [-0.4, -0.2) is 45.2 Å². The lowest BCUT2D eigenvalue weighted by atomic mass is 9.86. The summed E-state index contributed by atoms with van der Waals surface area (Å²) in [6, 6.07) is 8.69. The fourth-order valence-corrected chi connectivity index (χ4v) is 5.69. The molecule has 1 aromatic rings. The molecule has 1 saturated carbocycles. The van der Waals surface area contributed by atoms with E-state index in [9.17, 15) is 18.4 Å². The first-order chi connectivity index (χ1) is 15.2. The first-order valence-corrected chi connectivity index (χ1v) is 13.9. The minimum Gasteiger partial charge on any atom is -0.462 e. The van der Waals surface area contributed by atoms with E-state index in [0.717, 1.165) is 0 Å². The lowest BCUT2D eigenvalue weighted by Gasteiger charge is -2.28. The summed E-state index contributed by atoms with van der Waals surface area (Å²) in [7, 11) is -1.32. The zero-order valence-corrected chi connectivity index (χ0v) is 20.0. The molecular formula is C24H33F2O5Si+. The Kier molecular flexibility index (Phi) is 8.44. The standard InChI is InChI=1S/C24H33F2O5Si/c1-4-5-13-24(25,26)21(31-32(2)3)12-11-17-18-14-22(27)29-20(18)15-19(17)30-23(28)16-9-7-6-8-10-16/h6-10,17-21H,4-5,11-15H2,1-3H3/q+1/t17-,18?,19?,20?,21?/m1/s1. The Morgan fingerprint density at radius 3 is 2.66 bits per heavy atom. The van der Waals surface area contributed by atoms with Crippen LogP contribution in [0.25, 0.3) is 0 Å². The molecule has 5 nitrogen and oxygen atoms in total. The van der Waals surface area contributed by atoms with Crippen LogP contribution in [0.5, 0.6) is 0 Å². The van der Waals surface area contributed by atoms with Gasteiger partial charge in [0.15, 0.2) is 6.10 Å². The van der Waals surface area contributed by atoms with E-state index in [1.54, 1.807) is 24.3 Å². The largest absolute Gasteiger partial charge is 0.467 e. The molecule has 0 aromatic heterocycles. The number of benzene rings is 1. The maximum Gasteiger partial charge on any atom is 0.467 e. The number of hydrogen-bond acceptors (Lipinski definition) is 5. The molecule has 4 unspecified atom stereocenters. The molecule has 3 rings (SSSR count). The summed E-state index contributed by atoms with van der Waals surface area (Å²) in [6.45, 7) is 5.60. The second-order valence-electron chi connectivity index (χ2n) is 9.06. The molecular weight excluding hydrogens is 434 g/mol. The zero-order chi connectivity index (χ0) is 23.3. The maximum absolute atomic E-state index is 14.9. The van der Waals surface area contributed by atoms with Crippen LogP contribution in [0, 0.1) is 11.8 Å². The highest BCUT2D eigenvalue weighted by Crippen LogP contribution is 2.46. The van der Waals surface area contributed by atoms with Crippen molar-refractivity contribution >= 4 is 21.0 Å². The van der Waals surface area contributed by atoms with Gasteiger partial charge < -0.3 is 9.47 Å². The molecule has 1 aromatic carbocycles. The Morgan fingerprint density at radius 2 is 2.00 bits per heavy atom. The van der Waals surface area contributed by atoms with Crippen LogP contribution in [-0.2, 0) is 18.7 Å². The van der Waals surface area contributed by atoms with E-state index in [1.807, 2.05) is 26.1 Å². The van der Waals surface area contributed by atoms with Crippen LogP contribution < -0.4 is 0 Å². The molecule has 0 spiro atoms. The summed E-state index contributed by atoms with van der Waals surface area (Å²) >= 11 is 0. The van der Waals surface area contributed by atoms with E-state index in [2.05, 4.69) is 0 Å². The highest BCUT2D eigenvalue weighted by molar-refractivity contribution is 6.48. The van der Waals surface area contributed by atoms with Crippen molar-refractivity contribution in [3.05, 3.63) is 35.9 Å². The highest BCUT2D eigenvalue weighted by Gasteiger charge is 2.52. The van der Waals surface area contributed by atoms with Gasteiger partial charge in [0.05, 0.1) is 25.1 Å². The molecule has 32 heavy (non-hydrogen) atoms. The number of alkyl halides is 2. The van der Waals surface area contributed by atoms with Gasteiger partial charge in [0.25, 0.3) is 5.92 Å². The summed E-state index contributed by atoms with van der Waals surface area (Å²) in [5.74, 6) is -3.95. The zero-order valence-electron chi connectivity index (χ0n) is 19.0. The Hall–Kier alpha value is -1.80. The number of hydrogen-bond donors (Lipinski definition) is 0. The first kappa shape index (κ1) is 24.8. The molecule has 0 amide bonds. The summed E-state index contributed by atoms with van der Waals surface area (Å²) in [5.41, 5.74) is 0.442. The third-order valence-corrected chi connectivity index (χ3v) is 7.15. The SMILES string of the molecule is CCCCC(F)(F)C(CC[C@H]1C(OC(=O)c2ccccc2)CC2OC(=O)CC21)O[Si+](C)C. The monoisotopic (exact) mass is 467 g/mol. The molecule has 0 N–H and O–H groups in total. The third-order valence-electron chi connectivity index (χ3n) is 6.40. The average Bonchev–Trinajstić information content (AvgIpc) is 3.25. The van der Waals surface area contributed by atoms with E-state index in [-0.39, 0.29) is 43.2 Å². The Labute approximate surface area is 190 Å². The van der Waals surface area contributed by atoms with Crippen molar-refractivity contribution in [3.8, 4) is 0 Å². The average molecular weight is 468 g/mol. The topological polar surface area (TPSA) is 61.8 Å². The summed E-state index contributed by atoms with van der Waals surface area (Å²) in [4.78, 5) is 24.5. The van der Waals surface area contributed by atoms with Crippen molar-refractivity contribution in [2.45, 2.75) is 89.2 Å². The van der Waals surface area contributed by atoms with Crippen molar-refractivity contribution in [1.29, 1.82) is 0 Å². The Bertz CT molecular complexity index is 773. The summed E-state index contributed by atoms with van der Waals surface area (Å²) in [6.07, 6.45) is 0.186. The fraction of sp³-hybridized carbons (Fsp3) is 0.667. The minimum atomic E-state index is -2.91. The fourth-order valence-electron chi connectivity index (χ4n) is 4.83. The van der Waals surface area contributed by atoms with E-state index in [1.165, 1.54) is 0 Å². The van der Waals surface area contributed by atoms with Crippen LogP contribution >= 0.6 is 0 Å². The molecule has 5 atom stereocenters. The molecule has 0 radical (unpaired) electrons. The molecule has 2 fully saturated rings. The predicted molar refractivity (Wildman–Crippen MR) is 118 cm³/mol. The van der Waals surface area contributed by atoms with Crippen LogP contribution in [0.15, 0.2) is 30.3 Å². The number of fused-ring (bicyclic) bond motifs is 1. The Balaban J connectivity index is 1.71. The van der Waals surface area contributed by atoms with Crippen LogP contribution in [0.1, 0.15) is 62.2 Å². The van der Waals surface area contributed by atoms with Gasteiger partial charge in [0.1, 0.15) is 12.2 Å². The van der Waals surface area contributed by atoms with Crippen LogP contribution in [0.3, 0.4) is 0 Å². The molecule has 1 heterocycles. The van der Waals surface area contributed by atoms with Gasteiger partial charge in [-0.15, -0.1) is 0 Å². The van der Waals surface area contributed by atoms with Crippen molar-refractivity contribution in [2.24, 2.45) is 11.8 Å². The van der Waals surface area contributed by atoms with Gasteiger partial charge in [0, 0.05) is 24.7 Å². The molecule has 1 aliphatic carbocycles. The smallest absolute Gasteiger partial charge is 0.462 e. The normalized spacial score (nSPS) is 25.8. The van der Waals surface area contributed by atoms with Crippen molar-refractivity contribution in [3.63, 3.8) is 0 Å². The second kappa shape index (κ2) is 10.9. The number of ether oxygens (including phenoxy) is 2. The lowest BCUT2D eigenvalue weighted by molar-refractivity contribution is -0.141. The number of rotatable bonds is 11. The highest BCUT2D eigenvalue weighted by atomic mass is 28.3. The van der Waals surface area contributed by atoms with E-state index >= 15 is 0 Å². The first-order valence-electron chi connectivity index (χ1n) is 11.5. The maximum atomic E-state index is 14.9. The molecule has 1 saturated heterocycles. The number of carbonyl (C=O) groups excluding carboxylic acids is 2. The van der Waals surface area contributed by atoms with E-state index < -0.39 is 33.1 Å². The molecule has 1 aliphatic heterocycles. The molecule has 8 heteroatoms. The quantitative estimate of drug-likeness (QED) is 0.322.